The van der Waals surface area contributed by atoms with Gasteiger partial charge in [0.1, 0.15) is 6.23 Å². The standard InChI is InChI=1S/C20H28N2OS/c1-20-12-5-4-9-17(20)22(14-6-13-20)19(23)11-10-18-21-15-7-2-3-8-16(15)24-18/h2-3,7-8,17,19,23H,4-6,9-14H2,1H3. The number of benzene rings is 1. The largest absolute Gasteiger partial charge is 0.378 e. The zero-order valence-corrected chi connectivity index (χ0v) is 15.4. The number of likely N-dealkylation sites (tertiary alicyclic amines) is 1. The first-order valence-corrected chi connectivity index (χ1v) is 10.3. The summed E-state index contributed by atoms with van der Waals surface area (Å²) in [5, 5.41) is 12.0. The monoisotopic (exact) mass is 344 g/mol. The Bertz CT molecular complexity index is 663. The second kappa shape index (κ2) is 6.74. The lowest BCUT2D eigenvalue weighted by molar-refractivity contribution is -0.103. The Kier molecular flexibility index (Phi) is 4.63. The van der Waals surface area contributed by atoms with E-state index in [4.69, 9.17) is 4.98 Å². The molecule has 4 rings (SSSR count). The highest BCUT2D eigenvalue weighted by molar-refractivity contribution is 7.18. The van der Waals surface area contributed by atoms with Crippen molar-refractivity contribution in [2.45, 2.75) is 70.6 Å². The van der Waals surface area contributed by atoms with Gasteiger partial charge in [-0.1, -0.05) is 31.9 Å². The summed E-state index contributed by atoms with van der Waals surface area (Å²) in [5.74, 6) is 0. The van der Waals surface area contributed by atoms with Gasteiger partial charge in [-0.05, 0) is 49.7 Å². The number of piperidine rings is 1. The highest BCUT2D eigenvalue weighted by Gasteiger charge is 2.43. The number of hydrogen-bond acceptors (Lipinski definition) is 4. The van der Waals surface area contributed by atoms with Crippen molar-refractivity contribution in [3.05, 3.63) is 29.3 Å². The van der Waals surface area contributed by atoms with Gasteiger partial charge >= 0.3 is 0 Å². The predicted octanol–water partition coefficient (Wildman–Crippen LogP) is 4.59. The van der Waals surface area contributed by atoms with Crippen LogP contribution in [0.4, 0.5) is 0 Å². The van der Waals surface area contributed by atoms with Crippen molar-refractivity contribution in [2.24, 2.45) is 5.41 Å². The minimum Gasteiger partial charge on any atom is -0.378 e. The molecule has 2 fully saturated rings. The van der Waals surface area contributed by atoms with Crippen LogP contribution < -0.4 is 0 Å². The third-order valence-corrected chi connectivity index (χ3v) is 7.28. The molecule has 1 aliphatic carbocycles. The van der Waals surface area contributed by atoms with Crippen molar-refractivity contribution in [3.8, 4) is 0 Å². The summed E-state index contributed by atoms with van der Waals surface area (Å²) in [6.07, 6.45) is 9.19. The van der Waals surface area contributed by atoms with Gasteiger partial charge < -0.3 is 5.11 Å². The van der Waals surface area contributed by atoms with Crippen LogP contribution in [-0.4, -0.2) is 33.8 Å². The maximum absolute atomic E-state index is 10.9. The topological polar surface area (TPSA) is 36.4 Å². The Morgan fingerprint density at radius 3 is 3.00 bits per heavy atom. The van der Waals surface area contributed by atoms with Gasteiger partial charge in [0, 0.05) is 19.0 Å². The molecule has 3 atom stereocenters. The Morgan fingerprint density at radius 2 is 2.12 bits per heavy atom. The molecule has 3 unspecified atom stereocenters. The lowest BCUT2D eigenvalue weighted by atomic mass is 9.66. The number of para-hydroxylation sites is 1. The van der Waals surface area contributed by atoms with Crippen LogP contribution in [-0.2, 0) is 6.42 Å². The Hall–Kier alpha value is -0.970. The second-order valence-corrected chi connectivity index (χ2v) is 8.97. The lowest BCUT2D eigenvalue weighted by Gasteiger charge is -2.52. The van der Waals surface area contributed by atoms with E-state index < -0.39 is 0 Å². The zero-order chi connectivity index (χ0) is 16.6. The molecule has 4 heteroatoms. The summed E-state index contributed by atoms with van der Waals surface area (Å²) in [5.41, 5.74) is 1.51. The summed E-state index contributed by atoms with van der Waals surface area (Å²) in [6.45, 7) is 3.50. The minimum absolute atomic E-state index is 0.320. The summed E-state index contributed by atoms with van der Waals surface area (Å²) in [4.78, 5) is 7.13. The highest BCUT2D eigenvalue weighted by Crippen LogP contribution is 2.46. The van der Waals surface area contributed by atoms with Gasteiger partial charge in [0.2, 0.25) is 0 Å². The summed E-state index contributed by atoms with van der Waals surface area (Å²) in [6, 6.07) is 8.88. The van der Waals surface area contributed by atoms with Gasteiger partial charge in [-0.3, -0.25) is 4.90 Å². The number of hydrogen-bond donors (Lipinski definition) is 1. The van der Waals surface area contributed by atoms with E-state index in [1.807, 2.05) is 6.07 Å². The van der Waals surface area contributed by atoms with Crippen LogP contribution in [0.25, 0.3) is 10.2 Å². The van der Waals surface area contributed by atoms with Gasteiger partial charge in [0.05, 0.1) is 15.2 Å². The van der Waals surface area contributed by atoms with Gasteiger partial charge in [0.25, 0.3) is 0 Å². The number of aliphatic hydroxyl groups is 1. The fourth-order valence-electron chi connectivity index (χ4n) is 4.86. The molecular formula is C20H28N2OS. The van der Waals surface area contributed by atoms with E-state index in [2.05, 4.69) is 30.0 Å². The number of aliphatic hydroxyl groups excluding tert-OH is 1. The molecule has 1 N–H and O–H groups in total. The average molecular weight is 345 g/mol. The van der Waals surface area contributed by atoms with Crippen molar-refractivity contribution in [1.29, 1.82) is 0 Å². The van der Waals surface area contributed by atoms with Crippen LogP contribution in [0.5, 0.6) is 0 Å². The van der Waals surface area contributed by atoms with Crippen molar-refractivity contribution >= 4 is 21.6 Å². The van der Waals surface area contributed by atoms with Crippen LogP contribution >= 0.6 is 11.3 Å². The fourth-order valence-corrected chi connectivity index (χ4v) is 5.85. The first-order chi connectivity index (χ1) is 11.7. The van der Waals surface area contributed by atoms with Crippen molar-refractivity contribution in [1.82, 2.24) is 9.88 Å². The van der Waals surface area contributed by atoms with Crippen molar-refractivity contribution < 1.29 is 5.11 Å². The molecule has 0 bridgehead atoms. The van der Waals surface area contributed by atoms with E-state index in [9.17, 15) is 5.11 Å². The van der Waals surface area contributed by atoms with Crippen LogP contribution in [0.1, 0.15) is 56.9 Å². The molecule has 0 spiro atoms. The third-order valence-electron chi connectivity index (χ3n) is 6.18. The van der Waals surface area contributed by atoms with Gasteiger partial charge in [0.15, 0.2) is 0 Å². The van der Waals surface area contributed by atoms with E-state index in [-0.39, 0.29) is 6.23 Å². The first kappa shape index (κ1) is 16.5. The van der Waals surface area contributed by atoms with Gasteiger partial charge in [-0.2, -0.15) is 0 Å². The number of nitrogens with zero attached hydrogens (tertiary/aromatic N) is 2. The SMILES string of the molecule is CC12CCCCC1N(C(O)CCc1nc3ccccc3s1)CCC2. The maximum atomic E-state index is 10.9. The number of aryl methyl sites for hydroxylation is 1. The molecule has 0 radical (unpaired) electrons. The number of aromatic nitrogens is 1. The number of rotatable bonds is 4. The third kappa shape index (κ3) is 3.12. The number of thiazole rings is 1. The zero-order valence-electron chi connectivity index (χ0n) is 14.6. The summed E-state index contributed by atoms with van der Waals surface area (Å²) < 4.78 is 1.25. The van der Waals surface area contributed by atoms with E-state index in [1.165, 1.54) is 43.2 Å². The molecule has 0 amide bonds. The Morgan fingerprint density at radius 1 is 1.29 bits per heavy atom. The molecule has 1 aliphatic heterocycles. The summed E-state index contributed by atoms with van der Waals surface area (Å²) in [7, 11) is 0. The molecule has 2 heterocycles. The molecule has 1 aromatic carbocycles. The quantitative estimate of drug-likeness (QED) is 0.881. The van der Waals surface area contributed by atoms with Crippen LogP contribution in [0.15, 0.2) is 24.3 Å². The lowest BCUT2D eigenvalue weighted by Crippen LogP contribution is -2.56. The smallest absolute Gasteiger partial charge is 0.108 e. The maximum Gasteiger partial charge on any atom is 0.108 e. The van der Waals surface area contributed by atoms with E-state index >= 15 is 0 Å². The minimum atomic E-state index is -0.320. The molecule has 24 heavy (non-hydrogen) atoms. The Balaban J connectivity index is 1.42. The molecule has 3 nitrogen and oxygen atoms in total. The molecule has 1 saturated carbocycles. The normalized spacial score (nSPS) is 29.5. The summed E-state index contributed by atoms with van der Waals surface area (Å²) >= 11 is 1.77. The first-order valence-electron chi connectivity index (χ1n) is 9.44. The van der Waals surface area contributed by atoms with E-state index in [0.29, 0.717) is 11.5 Å². The highest BCUT2D eigenvalue weighted by atomic mass is 32.1. The predicted molar refractivity (Wildman–Crippen MR) is 100 cm³/mol. The van der Waals surface area contributed by atoms with E-state index in [1.54, 1.807) is 11.3 Å². The molecule has 1 saturated heterocycles. The molecule has 130 valence electrons. The molecule has 2 aliphatic rings. The average Bonchev–Trinajstić information content (AvgIpc) is 3.01. The fraction of sp³-hybridized carbons (Fsp3) is 0.650. The van der Waals surface area contributed by atoms with Crippen LogP contribution in [0.3, 0.4) is 0 Å². The van der Waals surface area contributed by atoms with Gasteiger partial charge in [-0.15, -0.1) is 11.3 Å². The van der Waals surface area contributed by atoms with E-state index in [0.717, 1.165) is 29.9 Å². The van der Waals surface area contributed by atoms with Crippen LogP contribution in [0, 0.1) is 5.41 Å². The van der Waals surface area contributed by atoms with Crippen LogP contribution in [0.2, 0.25) is 0 Å². The molecule has 1 aromatic heterocycles. The Labute approximate surface area is 148 Å². The van der Waals surface area contributed by atoms with Crippen molar-refractivity contribution in [2.75, 3.05) is 6.54 Å². The number of fused-ring (bicyclic) bond motifs is 2. The second-order valence-electron chi connectivity index (χ2n) is 7.85. The van der Waals surface area contributed by atoms with Crippen molar-refractivity contribution in [3.63, 3.8) is 0 Å². The molecular weight excluding hydrogens is 316 g/mol. The molecule has 2 aromatic rings. The van der Waals surface area contributed by atoms with Gasteiger partial charge in [-0.25, -0.2) is 4.98 Å².